The van der Waals surface area contributed by atoms with Crippen molar-refractivity contribution in [2.24, 2.45) is 16.8 Å². The highest BCUT2D eigenvalue weighted by Gasteiger charge is 2.39. The first-order chi connectivity index (χ1) is 24.8. The van der Waals surface area contributed by atoms with Crippen LogP contribution in [0.25, 0.3) is 0 Å². The summed E-state index contributed by atoms with van der Waals surface area (Å²) in [6.07, 6.45) is 2.35. The number of aryl methyl sites for hydroxylation is 2. The summed E-state index contributed by atoms with van der Waals surface area (Å²) in [5, 5.41) is 8.45. The summed E-state index contributed by atoms with van der Waals surface area (Å²) in [6, 6.07) is 13.0. The number of carbonyl (C=O) groups excluding carboxylic acids is 6. The fourth-order valence-electron chi connectivity index (χ4n) is 6.43. The Labute approximate surface area is 304 Å². The Bertz CT molecular complexity index is 1640. The van der Waals surface area contributed by atoms with Crippen molar-refractivity contribution in [3.63, 3.8) is 0 Å². The van der Waals surface area contributed by atoms with Crippen LogP contribution in [0.2, 0.25) is 0 Å². The number of likely N-dealkylation sites (tertiary alicyclic amines) is 2. The van der Waals surface area contributed by atoms with E-state index < -0.39 is 36.2 Å². The number of nitrogens with zero attached hydrogens (tertiary/aromatic N) is 3. The molecular weight excluding hydrogens is 668 g/mol. The Hall–Kier alpha value is -5.27. The van der Waals surface area contributed by atoms with E-state index in [1.165, 1.54) is 19.1 Å². The number of hydrogen-bond acceptors (Lipinski definition) is 8. The van der Waals surface area contributed by atoms with Crippen molar-refractivity contribution in [2.75, 3.05) is 37.9 Å². The largest absolute Gasteiger partial charge is 0.453 e. The van der Waals surface area contributed by atoms with Crippen LogP contribution in [0, 0.1) is 11.8 Å². The summed E-state index contributed by atoms with van der Waals surface area (Å²) in [6.45, 7) is 8.01. The van der Waals surface area contributed by atoms with Crippen molar-refractivity contribution in [2.45, 2.75) is 84.3 Å². The van der Waals surface area contributed by atoms with Crippen LogP contribution in [0.3, 0.4) is 0 Å². The standard InChI is InChI=1S/C38H50N6O8/c1-23(2)31(41-37(49)51-5)35(47)43-21-7-9-29(43)33(45)39-27-17-13-25(14-18-27)11-12-26-15-19-28(20-16-26)40-34(46)30-10-8-22-44(30)36(48)32(24(3)4)42-38(50)52-6/h13-20,23-24,29-31H,7-12,21-22H2,1-6H3,(H,39,45)(H,40,46)(H,41,49). The van der Waals surface area contributed by atoms with Crippen molar-refractivity contribution in [3.05, 3.63) is 59.7 Å². The monoisotopic (exact) mass is 718 g/mol. The summed E-state index contributed by atoms with van der Waals surface area (Å²) in [4.78, 5) is 83.3. The van der Waals surface area contributed by atoms with E-state index in [0.717, 1.165) is 24.0 Å². The summed E-state index contributed by atoms with van der Waals surface area (Å²) in [7, 11) is 2.44. The van der Waals surface area contributed by atoms with E-state index in [0.29, 0.717) is 50.1 Å². The molecule has 0 aromatic heterocycles. The van der Waals surface area contributed by atoms with Gasteiger partial charge in [-0.1, -0.05) is 52.0 Å². The summed E-state index contributed by atoms with van der Waals surface area (Å²) in [5.41, 5.74) is 3.44. The third-order valence-corrected chi connectivity index (χ3v) is 9.34. The van der Waals surface area contributed by atoms with Gasteiger partial charge in [0.1, 0.15) is 23.8 Å². The van der Waals surface area contributed by atoms with E-state index in [-0.39, 0.29) is 35.3 Å². The summed E-state index contributed by atoms with van der Waals surface area (Å²) >= 11 is 0. The zero-order valence-electron chi connectivity index (χ0n) is 30.8. The van der Waals surface area contributed by atoms with Gasteiger partial charge in [0.05, 0.1) is 14.2 Å². The molecule has 14 heteroatoms. The number of rotatable bonds is 12. The highest BCUT2D eigenvalue weighted by molar-refractivity contribution is 6.41. The fraction of sp³-hybridized carbons (Fsp3) is 0.500. The molecule has 2 aromatic rings. The van der Waals surface area contributed by atoms with Crippen molar-refractivity contribution in [1.29, 1.82) is 0 Å². The van der Waals surface area contributed by atoms with Gasteiger partial charge in [-0.15, -0.1) is 0 Å². The molecule has 0 radical (unpaired) electrons. The predicted octanol–water partition coefficient (Wildman–Crippen LogP) is 4.57. The van der Waals surface area contributed by atoms with Gasteiger partial charge in [0.25, 0.3) is 5.91 Å². The average molecular weight is 719 g/mol. The van der Waals surface area contributed by atoms with E-state index in [1.807, 2.05) is 62.4 Å². The first kappa shape index (κ1) is 39.5. The number of methoxy groups -OCH3 is 2. The molecule has 2 heterocycles. The molecule has 2 saturated heterocycles. The van der Waals surface area contributed by atoms with Gasteiger partial charge < -0.3 is 35.2 Å². The zero-order chi connectivity index (χ0) is 37.9. The van der Waals surface area contributed by atoms with Gasteiger partial charge in [-0.3, -0.25) is 19.2 Å². The maximum Gasteiger partial charge on any atom is 0.433 e. The second-order valence-corrected chi connectivity index (χ2v) is 13.7. The Morgan fingerprint density at radius 1 is 0.731 bits per heavy atom. The number of aliphatic imine (C=N–C) groups is 1. The van der Waals surface area contributed by atoms with Gasteiger partial charge in [-0.2, -0.15) is 4.99 Å². The van der Waals surface area contributed by atoms with Crippen LogP contribution in [-0.4, -0.2) is 96.8 Å². The van der Waals surface area contributed by atoms with Crippen molar-refractivity contribution in [1.82, 2.24) is 15.1 Å². The molecule has 2 aliphatic heterocycles. The third kappa shape index (κ3) is 10.2. The van der Waals surface area contributed by atoms with E-state index >= 15 is 0 Å². The van der Waals surface area contributed by atoms with Crippen LogP contribution in [0.5, 0.6) is 0 Å². The second-order valence-electron chi connectivity index (χ2n) is 13.7. The number of nitrogens with one attached hydrogen (secondary N) is 3. The normalized spacial score (nSPS) is 17.9. The quantitative estimate of drug-likeness (QED) is 0.268. The third-order valence-electron chi connectivity index (χ3n) is 9.34. The van der Waals surface area contributed by atoms with Crippen molar-refractivity contribution < 1.29 is 38.2 Å². The molecule has 2 aliphatic rings. The minimum Gasteiger partial charge on any atom is -0.453 e. The Kier molecular flexibility index (Phi) is 13.9. The van der Waals surface area contributed by atoms with Crippen molar-refractivity contribution >= 4 is 52.9 Å². The molecule has 0 bridgehead atoms. The summed E-state index contributed by atoms with van der Waals surface area (Å²) in [5.74, 6) is -1.82. The number of carbonyl (C=O) groups is 6. The van der Waals surface area contributed by atoms with Crippen LogP contribution < -0.4 is 16.0 Å². The van der Waals surface area contributed by atoms with E-state index in [4.69, 9.17) is 0 Å². The summed E-state index contributed by atoms with van der Waals surface area (Å²) < 4.78 is 9.28. The van der Waals surface area contributed by atoms with Crippen LogP contribution in [0.4, 0.5) is 21.0 Å². The smallest absolute Gasteiger partial charge is 0.433 e. The maximum atomic E-state index is 13.3. The predicted molar refractivity (Wildman–Crippen MR) is 196 cm³/mol. The van der Waals surface area contributed by atoms with Crippen LogP contribution >= 0.6 is 0 Å². The SMILES string of the molecule is COC(=O)N=C(C(=O)N1CCCC1C(=O)Nc1ccc(CCc2ccc(NC(=O)C3CCCN3C(=O)C(NC(=O)OC)C(C)C)cc2)cc1)C(C)C. The maximum absolute atomic E-state index is 13.3. The molecule has 14 nitrogen and oxygen atoms in total. The molecule has 2 aromatic carbocycles. The molecule has 3 unspecified atom stereocenters. The average Bonchev–Trinajstić information content (AvgIpc) is 3.83. The van der Waals surface area contributed by atoms with Gasteiger partial charge in [0.2, 0.25) is 17.7 Å². The van der Waals surface area contributed by atoms with Gasteiger partial charge >= 0.3 is 12.2 Å². The number of ether oxygens (including phenoxy) is 2. The van der Waals surface area contributed by atoms with Gasteiger partial charge in [-0.05, 0) is 79.8 Å². The molecule has 3 N–H and O–H groups in total. The lowest BCUT2D eigenvalue weighted by atomic mass is 10.0. The lowest BCUT2D eigenvalue weighted by molar-refractivity contribution is -0.139. The molecule has 0 spiro atoms. The molecule has 3 atom stereocenters. The Balaban J connectivity index is 1.28. The topological polar surface area (TPSA) is 176 Å². The van der Waals surface area contributed by atoms with Gasteiger partial charge in [0, 0.05) is 30.4 Å². The number of amides is 6. The molecular formula is C38H50N6O8. The lowest BCUT2D eigenvalue weighted by Crippen LogP contribution is -2.54. The number of benzene rings is 2. The number of anilines is 2. The molecule has 280 valence electrons. The van der Waals surface area contributed by atoms with E-state index in [9.17, 15) is 28.8 Å². The van der Waals surface area contributed by atoms with Gasteiger partial charge in [-0.25, -0.2) is 9.59 Å². The van der Waals surface area contributed by atoms with Gasteiger partial charge in [0.15, 0.2) is 0 Å². The molecule has 0 aliphatic carbocycles. The molecule has 2 fully saturated rings. The highest BCUT2D eigenvalue weighted by atomic mass is 16.5. The molecule has 0 saturated carbocycles. The number of hydrogen-bond donors (Lipinski definition) is 3. The minimum absolute atomic E-state index is 0.0617. The second kappa shape index (κ2) is 18.3. The Morgan fingerprint density at radius 3 is 1.65 bits per heavy atom. The zero-order valence-corrected chi connectivity index (χ0v) is 30.8. The Morgan fingerprint density at radius 2 is 1.21 bits per heavy atom. The molecule has 4 rings (SSSR count). The molecule has 6 amide bonds. The number of alkyl carbamates (subject to hydrolysis) is 1. The van der Waals surface area contributed by atoms with E-state index in [1.54, 1.807) is 18.7 Å². The highest BCUT2D eigenvalue weighted by Crippen LogP contribution is 2.24. The van der Waals surface area contributed by atoms with Crippen molar-refractivity contribution in [3.8, 4) is 0 Å². The first-order valence-corrected chi connectivity index (χ1v) is 17.7. The molecule has 52 heavy (non-hydrogen) atoms. The van der Waals surface area contributed by atoms with Crippen LogP contribution in [0.15, 0.2) is 53.5 Å². The van der Waals surface area contributed by atoms with E-state index in [2.05, 4.69) is 30.4 Å². The van der Waals surface area contributed by atoms with Crippen LogP contribution in [-0.2, 0) is 41.5 Å². The fourth-order valence-corrected chi connectivity index (χ4v) is 6.43. The first-order valence-electron chi connectivity index (χ1n) is 17.7. The van der Waals surface area contributed by atoms with Crippen LogP contribution in [0.1, 0.15) is 64.5 Å². The lowest BCUT2D eigenvalue weighted by Gasteiger charge is -2.30. The minimum atomic E-state index is -0.853.